The first-order valence-electron chi connectivity index (χ1n) is 11.3. The minimum atomic E-state index is -0.419. The molecule has 0 aliphatic heterocycles. The van der Waals surface area contributed by atoms with Crippen molar-refractivity contribution in [2.75, 3.05) is 37.5 Å². The van der Waals surface area contributed by atoms with Gasteiger partial charge in [0, 0.05) is 44.2 Å². The molecule has 3 aromatic rings. The fourth-order valence-electron chi connectivity index (χ4n) is 4.24. The highest BCUT2D eigenvalue weighted by Crippen LogP contribution is 2.27. The number of hydrogen-bond donors (Lipinski definition) is 2. The first-order chi connectivity index (χ1) is 16.0. The van der Waals surface area contributed by atoms with Crippen molar-refractivity contribution in [1.82, 2.24) is 15.3 Å². The van der Waals surface area contributed by atoms with Crippen LogP contribution in [0.15, 0.2) is 48.5 Å². The Kier molecular flexibility index (Phi) is 7.19. The Labute approximate surface area is 193 Å². The number of benzene rings is 2. The van der Waals surface area contributed by atoms with Crippen LogP contribution in [0.1, 0.15) is 25.7 Å². The van der Waals surface area contributed by atoms with E-state index in [9.17, 15) is 10.1 Å². The molecule has 2 aromatic carbocycles. The quantitative estimate of drug-likeness (QED) is 0.286. The number of nitro benzene ring substituents is 1. The van der Waals surface area contributed by atoms with Crippen LogP contribution in [-0.2, 0) is 0 Å². The minimum Gasteiger partial charge on any atom is -0.485 e. The lowest BCUT2D eigenvalue weighted by Crippen LogP contribution is -2.38. The molecule has 0 spiro atoms. The van der Waals surface area contributed by atoms with Gasteiger partial charge in [-0.05, 0) is 43.9 Å². The van der Waals surface area contributed by atoms with Crippen molar-refractivity contribution in [3.8, 4) is 5.75 Å². The summed E-state index contributed by atoms with van der Waals surface area (Å²) in [4.78, 5) is 22.1. The highest BCUT2D eigenvalue weighted by atomic mass is 16.6. The van der Waals surface area contributed by atoms with E-state index in [4.69, 9.17) is 14.7 Å². The van der Waals surface area contributed by atoms with Crippen molar-refractivity contribution in [2.45, 2.75) is 37.8 Å². The summed E-state index contributed by atoms with van der Waals surface area (Å²) in [6.45, 7) is 1.04. The van der Waals surface area contributed by atoms with E-state index in [1.807, 2.05) is 43.3 Å². The maximum atomic E-state index is 11.1. The molecule has 174 valence electrons. The van der Waals surface area contributed by atoms with Crippen molar-refractivity contribution in [1.29, 1.82) is 0 Å². The number of anilines is 2. The molecule has 0 amide bonds. The van der Waals surface area contributed by atoms with Crippen LogP contribution in [0.25, 0.3) is 10.9 Å². The Bertz CT molecular complexity index is 1100. The minimum absolute atomic E-state index is 0.00239. The second kappa shape index (κ2) is 10.4. The summed E-state index contributed by atoms with van der Waals surface area (Å²) in [5, 5.41) is 19.2. The fourth-order valence-corrected chi connectivity index (χ4v) is 4.24. The number of aromatic nitrogens is 2. The summed E-state index contributed by atoms with van der Waals surface area (Å²) in [5.74, 6) is 1.90. The van der Waals surface area contributed by atoms with E-state index in [2.05, 4.69) is 10.6 Å². The molecule has 1 fully saturated rings. The topological polar surface area (TPSA) is 105 Å². The maximum absolute atomic E-state index is 11.1. The van der Waals surface area contributed by atoms with Gasteiger partial charge in [-0.25, -0.2) is 4.98 Å². The monoisotopic (exact) mass is 450 g/mol. The molecule has 9 nitrogen and oxygen atoms in total. The van der Waals surface area contributed by atoms with Crippen LogP contribution in [0.3, 0.4) is 0 Å². The van der Waals surface area contributed by atoms with Gasteiger partial charge in [-0.2, -0.15) is 4.98 Å². The van der Waals surface area contributed by atoms with Gasteiger partial charge in [-0.3, -0.25) is 10.1 Å². The Balaban J connectivity index is 1.25. The second-order valence-corrected chi connectivity index (χ2v) is 8.50. The van der Waals surface area contributed by atoms with Crippen LogP contribution >= 0.6 is 0 Å². The van der Waals surface area contributed by atoms with Gasteiger partial charge in [0.05, 0.1) is 10.4 Å². The molecule has 1 heterocycles. The third kappa shape index (κ3) is 5.67. The summed E-state index contributed by atoms with van der Waals surface area (Å²) in [7, 11) is 3.99. The van der Waals surface area contributed by atoms with E-state index in [1.54, 1.807) is 18.2 Å². The van der Waals surface area contributed by atoms with E-state index >= 15 is 0 Å². The van der Waals surface area contributed by atoms with Gasteiger partial charge >= 0.3 is 5.69 Å². The van der Waals surface area contributed by atoms with Crippen LogP contribution in [-0.4, -0.2) is 54.2 Å². The van der Waals surface area contributed by atoms with Gasteiger partial charge in [0.2, 0.25) is 5.95 Å². The molecule has 1 aliphatic rings. The highest BCUT2D eigenvalue weighted by molar-refractivity contribution is 5.90. The second-order valence-electron chi connectivity index (χ2n) is 8.50. The molecular formula is C24H30N6O3. The Morgan fingerprint density at radius 3 is 2.48 bits per heavy atom. The molecule has 0 saturated heterocycles. The van der Waals surface area contributed by atoms with E-state index in [0.717, 1.165) is 42.4 Å². The van der Waals surface area contributed by atoms with Gasteiger partial charge < -0.3 is 20.3 Å². The molecule has 0 radical (unpaired) electrons. The number of nitrogens with zero attached hydrogens (tertiary/aromatic N) is 4. The summed E-state index contributed by atoms with van der Waals surface area (Å²) in [6, 6.07) is 15.3. The molecule has 33 heavy (non-hydrogen) atoms. The van der Waals surface area contributed by atoms with Crippen LogP contribution in [0.5, 0.6) is 5.75 Å². The molecule has 1 saturated carbocycles. The van der Waals surface area contributed by atoms with Gasteiger partial charge in [0.15, 0.2) is 5.75 Å². The number of para-hydroxylation sites is 3. The molecular weight excluding hydrogens is 420 g/mol. The number of ether oxygens (including phenoxy) is 1. The summed E-state index contributed by atoms with van der Waals surface area (Å²) in [6.07, 6.45) is 4.13. The number of rotatable bonds is 9. The average Bonchev–Trinajstić information content (AvgIpc) is 2.82. The number of nitro groups is 1. The zero-order valence-electron chi connectivity index (χ0n) is 19.0. The highest BCUT2D eigenvalue weighted by Gasteiger charge is 2.22. The summed E-state index contributed by atoms with van der Waals surface area (Å²) < 4.78 is 5.62. The molecule has 0 bridgehead atoms. The third-order valence-electron chi connectivity index (χ3n) is 5.92. The zero-order chi connectivity index (χ0) is 23.2. The third-order valence-corrected chi connectivity index (χ3v) is 5.92. The van der Waals surface area contributed by atoms with E-state index in [0.29, 0.717) is 36.9 Å². The number of hydrogen-bond acceptors (Lipinski definition) is 8. The first-order valence-corrected chi connectivity index (χ1v) is 11.3. The van der Waals surface area contributed by atoms with E-state index in [-0.39, 0.29) is 5.69 Å². The summed E-state index contributed by atoms with van der Waals surface area (Å²) in [5.41, 5.74) is 0.935. The standard InChI is InChI=1S/C24H30N6O3/c1-29(2)23-19-7-3-4-8-20(19)27-24(28-23)26-18-13-11-17(12-14-18)25-15-16-33-22-10-6-5-9-21(22)30(31)32/h3-10,17-18,25H,11-16H2,1-2H3,(H,26,27,28)/t17-,18+. The van der Waals surface area contributed by atoms with Crippen LogP contribution in [0.4, 0.5) is 17.5 Å². The largest absolute Gasteiger partial charge is 0.485 e. The lowest BCUT2D eigenvalue weighted by atomic mass is 9.91. The Morgan fingerprint density at radius 2 is 1.73 bits per heavy atom. The fraction of sp³-hybridized carbons (Fsp3) is 0.417. The number of fused-ring (bicyclic) bond motifs is 1. The van der Waals surface area contributed by atoms with Crippen molar-refractivity contribution >= 4 is 28.4 Å². The predicted octanol–water partition coefficient (Wildman–Crippen LogP) is 4.00. The molecule has 4 rings (SSSR count). The van der Waals surface area contributed by atoms with Gasteiger partial charge in [-0.15, -0.1) is 0 Å². The van der Waals surface area contributed by atoms with Crippen LogP contribution in [0, 0.1) is 10.1 Å². The number of nitrogens with one attached hydrogen (secondary N) is 2. The SMILES string of the molecule is CN(C)c1nc(N[C@H]2CC[C@@H](NCCOc3ccccc3[N+](=O)[O-])CC2)nc2ccccc12. The Hall–Kier alpha value is -3.46. The van der Waals surface area contributed by atoms with Crippen LogP contribution in [0.2, 0.25) is 0 Å². The normalized spacial score (nSPS) is 18.1. The molecule has 0 atom stereocenters. The molecule has 9 heteroatoms. The molecule has 1 aliphatic carbocycles. The lowest BCUT2D eigenvalue weighted by molar-refractivity contribution is -0.385. The van der Waals surface area contributed by atoms with Gasteiger partial charge in [0.1, 0.15) is 12.4 Å². The zero-order valence-corrected chi connectivity index (χ0v) is 19.0. The van der Waals surface area contributed by atoms with E-state index < -0.39 is 4.92 Å². The smallest absolute Gasteiger partial charge is 0.310 e. The van der Waals surface area contributed by atoms with Gasteiger partial charge in [0.25, 0.3) is 0 Å². The molecule has 2 N–H and O–H groups in total. The molecule has 1 aromatic heterocycles. The van der Waals surface area contributed by atoms with E-state index in [1.165, 1.54) is 6.07 Å². The average molecular weight is 451 g/mol. The molecule has 0 unspecified atom stereocenters. The van der Waals surface area contributed by atoms with Crippen molar-refractivity contribution in [2.24, 2.45) is 0 Å². The first kappa shape index (κ1) is 22.7. The van der Waals surface area contributed by atoms with Crippen LogP contribution < -0.4 is 20.3 Å². The summed E-state index contributed by atoms with van der Waals surface area (Å²) >= 11 is 0. The predicted molar refractivity (Wildman–Crippen MR) is 130 cm³/mol. The van der Waals surface area contributed by atoms with Crippen molar-refractivity contribution in [3.63, 3.8) is 0 Å². The van der Waals surface area contributed by atoms with Crippen molar-refractivity contribution < 1.29 is 9.66 Å². The Morgan fingerprint density at radius 1 is 1.03 bits per heavy atom. The lowest BCUT2D eigenvalue weighted by Gasteiger charge is -2.30. The van der Waals surface area contributed by atoms with Gasteiger partial charge in [-0.1, -0.05) is 24.3 Å². The van der Waals surface area contributed by atoms with Crippen molar-refractivity contribution in [3.05, 3.63) is 58.6 Å². The maximum Gasteiger partial charge on any atom is 0.310 e.